The molecule has 0 bridgehead atoms. The average Bonchev–Trinajstić information content (AvgIpc) is 3.23. The van der Waals surface area contributed by atoms with Crippen molar-refractivity contribution in [1.29, 1.82) is 0 Å². The van der Waals surface area contributed by atoms with Gasteiger partial charge in [-0.05, 0) is 49.2 Å². The van der Waals surface area contributed by atoms with Gasteiger partial charge in [-0.15, -0.1) is 10.2 Å². The Balaban J connectivity index is 1.37. The number of anilines is 1. The molecule has 6 nitrogen and oxygen atoms in total. The lowest BCUT2D eigenvalue weighted by molar-refractivity contribution is -0.141. The third-order valence-corrected chi connectivity index (χ3v) is 4.91. The molecule has 136 valence electrons. The number of nitrogens with zero attached hydrogens (tertiary/aromatic N) is 4. The van der Waals surface area contributed by atoms with Crippen LogP contribution in [0.2, 0.25) is 0 Å². The Morgan fingerprint density at radius 2 is 1.81 bits per heavy atom. The molecule has 1 unspecified atom stereocenters. The van der Waals surface area contributed by atoms with E-state index in [1.165, 1.54) is 12.1 Å². The highest BCUT2D eigenvalue weighted by molar-refractivity contribution is 5.81. The Morgan fingerprint density at radius 3 is 2.42 bits per heavy atom. The molecule has 0 saturated carbocycles. The van der Waals surface area contributed by atoms with Gasteiger partial charge in [0, 0.05) is 38.3 Å². The largest absolute Gasteiger partial charge is 0.368 e. The maximum atomic E-state index is 13.0. The lowest BCUT2D eigenvalue weighted by atomic mass is 10.1. The van der Waals surface area contributed by atoms with E-state index in [0.717, 1.165) is 37.3 Å². The molecule has 1 aromatic heterocycles. The molecule has 2 aliphatic rings. The zero-order valence-corrected chi connectivity index (χ0v) is 14.5. The highest BCUT2D eigenvalue weighted by atomic mass is 19.1. The van der Waals surface area contributed by atoms with Crippen molar-refractivity contribution < 1.29 is 13.9 Å². The molecular weight excluding hydrogens is 335 g/mol. The van der Waals surface area contributed by atoms with E-state index in [4.69, 9.17) is 4.74 Å². The second-order valence-electron chi connectivity index (χ2n) is 6.60. The molecule has 0 radical (unpaired) electrons. The summed E-state index contributed by atoms with van der Waals surface area (Å²) in [6, 6.07) is 10.0. The maximum absolute atomic E-state index is 13.0. The summed E-state index contributed by atoms with van der Waals surface area (Å²) in [5.74, 6) is 0.633. The van der Waals surface area contributed by atoms with Crippen LogP contribution in [0.15, 0.2) is 36.4 Å². The van der Waals surface area contributed by atoms with E-state index in [2.05, 4.69) is 15.1 Å². The minimum atomic E-state index is -0.270. The van der Waals surface area contributed by atoms with Crippen LogP contribution in [0.3, 0.4) is 0 Å². The first-order chi connectivity index (χ1) is 12.7. The fourth-order valence-electron chi connectivity index (χ4n) is 3.40. The van der Waals surface area contributed by atoms with Crippen molar-refractivity contribution in [3.63, 3.8) is 0 Å². The molecular formula is C19H21FN4O2. The van der Waals surface area contributed by atoms with Crippen molar-refractivity contribution in [3.05, 3.63) is 42.2 Å². The number of halogens is 1. The lowest BCUT2D eigenvalue weighted by Crippen LogP contribution is -2.51. The minimum Gasteiger partial charge on any atom is -0.368 e. The van der Waals surface area contributed by atoms with Gasteiger partial charge >= 0.3 is 0 Å². The Kier molecular flexibility index (Phi) is 4.79. The molecule has 26 heavy (non-hydrogen) atoms. The van der Waals surface area contributed by atoms with Crippen molar-refractivity contribution in [2.24, 2.45) is 0 Å². The fraction of sp³-hybridized carbons (Fsp3) is 0.421. The number of rotatable bonds is 3. The second kappa shape index (κ2) is 7.37. The number of carbonyl (C=O) groups excluding carboxylic acids is 1. The standard InChI is InChI=1S/C19H21FN4O2/c20-15-5-3-14(4-6-15)16-7-8-18(22-21-16)23-9-11-24(12-10-23)19(25)17-2-1-13-26-17/h3-8,17H,1-2,9-13H2. The van der Waals surface area contributed by atoms with E-state index in [1.54, 1.807) is 12.1 Å². The molecule has 1 amide bonds. The molecule has 2 aromatic rings. The Labute approximate surface area is 151 Å². The smallest absolute Gasteiger partial charge is 0.251 e. The van der Waals surface area contributed by atoms with Crippen molar-refractivity contribution in [3.8, 4) is 11.3 Å². The number of hydrogen-bond acceptors (Lipinski definition) is 5. The normalized spacial score (nSPS) is 20.4. The maximum Gasteiger partial charge on any atom is 0.251 e. The van der Waals surface area contributed by atoms with Gasteiger partial charge in [-0.2, -0.15) is 0 Å². The summed E-state index contributed by atoms with van der Waals surface area (Å²) in [5.41, 5.74) is 1.54. The number of hydrogen-bond donors (Lipinski definition) is 0. The third-order valence-electron chi connectivity index (χ3n) is 4.91. The molecule has 0 N–H and O–H groups in total. The minimum absolute atomic E-state index is 0.111. The van der Waals surface area contributed by atoms with Crippen LogP contribution in [0.25, 0.3) is 11.3 Å². The topological polar surface area (TPSA) is 58.6 Å². The summed E-state index contributed by atoms with van der Waals surface area (Å²) in [7, 11) is 0. The van der Waals surface area contributed by atoms with Crippen LogP contribution in [0.5, 0.6) is 0 Å². The first kappa shape index (κ1) is 16.9. The van der Waals surface area contributed by atoms with E-state index in [-0.39, 0.29) is 17.8 Å². The Bertz CT molecular complexity index is 752. The first-order valence-electron chi connectivity index (χ1n) is 8.96. The molecule has 2 fully saturated rings. The number of ether oxygens (including phenoxy) is 1. The van der Waals surface area contributed by atoms with E-state index in [1.807, 2.05) is 17.0 Å². The summed E-state index contributed by atoms with van der Waals surface area (Å²) in [6.45, 7) is 3.47. The summed E-state index contributed by atoms with van der Waals surface area (Å²) in [6.07, 6.45) is 1.54. The SMILES string of the molecule is O=C(C1CCCO1)N1CCN(c2ccc(-c3ccc(F)cc3)nn2)CC1. The van der Waals surface area contributed by atoms with Gasteiger partial charge in [0.25, 0.3) is 5.91 Å². The molecule has 1 atom stereocenters. The van der Waals surface area contributed by atoms with Crippen LogP contribution in [0, 0.1) is 5.82 Å². The van der Waals surface area contributed by atoms with E-state index < -0.39 is 0 Å². The van der Waals surface area contributed by atoms with Crippen molar-refractivity contribution >= 4 is 11.7 Å². The quantitative estimate of drug-likeness (QED) is 0.843. The average molecular weight is 356 g/mol. The Hall–Kier alpha value is -2.54. The molecule has 0 spiro atoms. The number of aromatic nitrogens is 2. The lowest BCUT2D eigenvalue weighted by Gasteiger charge is -2.36. The zero-order valence-electron chi connectivity index (χ0n) is 14.5. The predicted molar refractivity (Wildman–Crippen MR) is 95.2 cm³/mol. The van der Waals surface area contributed by atoms with Crippen molar-refractivity contribution in [2.75, 3.05) is 37.7 Å². The number of amides is 1. The second-order valence-corrected chi connectivity index (χ2v) is 6.60. The molecule has 7 heteroatoms. The van der Waals surface area contributed by atoms with Crippen LogP contribution in [-0.4, -0.2) is 59.9 Å². The van der Waals surface area contributed by atoms with Gasteiger partial charge < -0.3 is 14.5 Å². The van der Waals surface area contributed by atoms with Gasteiger partial charge in [-0.25, -0.2) is 4.39 Å². The first-order valence-corrected chi connectivity index (χ1v) is 8.96. The molecule has 0 aliphatic carbocycles. The number of piperazine rings is 1. The summed E-state index contributed by atoms with van der Waals surface area (Å²) >= 11 is 0. The number of benzene rings is 1. The zero-order chi connectivity index (χ0) is 17.9. The molecule has 1 aromatic carbocycles. The molecule has 3 heterocycles. The predicted octanol–water partition coefficient (Wildman–Crippen LogP) is 2.11. The third kappa shape index (κ3) is 3.53. The summed E-state index contributed by atoms with van der Waals surface area (Å²) in [5, 5.41) is 8.56. The van der Waals surface area contributed by atoms with Crippen LogP contribution >= 0.6 is 0 Å². The molecule has 4 rings (SSSR count). The van der Waals surface area contributed by atoms with Crippen LogP contribution in [0.1, 0.15) is 12.8 Å². The number of carbonyl (C=O) groups is 1. The van der Waals surface area contributed by atoms with Crippen molar-refractivity contribution in [2.45, 2.75) is 18.9 Å². The highest BCUT2D eigenvalue weighted by Gasteiger charge is 2.30. The Morgan fingerprint density at radius 1 is 1.04 bits per heavy atom. The van der Waals surface area contributed by atoms with Gasteiger partial charge in [0.15, 0.2) is 5.82 Å². The van der Waals surface area contributed by atoms with Crippen LogP contribution in [0.4, 0.5) is 10.2 Å². The van der Waals surface area contributed by atoms with Crippen LogP contribution in [-0.2, 0) is 9.53 Å². The van der Waals surface area contributed by atoms with Gasteiger partial charge in [0.2, 0.25) is 0 Å². The van der Waals surface area contributed by atoms with E-state index in [0.29, 0.717) is 25.4 Å². The van der Waals surface area contributed by atoms with E-state index >= 15 is 0 Å². The van der Waals surface area contributed by atoms with Crippen LogP contribution < -0.4 is 4.90 Å². The molecule has 2 saturated heterocycles. The van der Waals surface area contributed by atoms with Gasteiger partial charge in [0.05, 0.1) is 5.69 Å². The fourth-order valence-corrected chi connectivity index (χ4v) is 3.40. The van der Waals surface area contributed by atoms with Crippen molar-refractivity contribution in [1.82, 2.24) is 15.1 Å². The van der Waals surface area contributed by atoms with Gasteiger partial charge in [-0.1, -0.05) is 0 Å². The summed E-state index contributed by atoms with van der Waals surface area (Å²) < 4.78 is 18.5. The highest BCUT2D eigenvalue weighted by Crippen LogP contribution is 2.21. The molecule has 2 aliphatic heterocycles. The monoisotopic (exact) mass is 356 g/mol. The van der Waals surface area contributed by atoms with Gasteiger partial charge in [-0.3, -0.25) is 4.79 Å². The van der Waals surface area contributed by atoms with E-state index in [9.17, 15) is 9.18 Å². The van der Waals surface area contributed by atoms with Gasteiger partial charge in [0.1, 0.15) is 11.9 Å². The summed E-state index contributed by atoms with van der Waals surface area (Å²) in [4.78, 5) is 16.4.